The van der Waals surface area contributed by atoms with Gasteiger partial charge in [-0.3, -0.25) is 13.8 Å². The Balaban J connectivity index is 4.40. The van der Waals surface area contributed by atoms with Gasteiger partial charge in [-0.15, -0.1) is 4.76 Å². The minimum Gasteiger partial charge on any atom is -0.480 e. The van der Waals surface area contributed by atoms with Gasteiger partial charge in [0, 0.05) is 7.05 Å². The highest BCUT2D eigenvalue weighted by molar-refractivity contribution is 7.52. The highest BCUT2D eigenvalue weighted by Crippen LogP contribution is 2.50. The van der Waals surface area contributed by atoms with E-state index in [0.717, 1.165) is 43.4 Å². The van der Waals surface area contributed by atoms with Crippen molar-refractivity contribution in [1.29, 1.82) is 0 Å². The molecule has 0 fully saturated rings. The van der Waals surface area contributed by atoms with Gasteiger partial charge in [0.25, 0.3) is 0 Å². The number of unbranched alkanes of at least 4 members (excludes halogenated alkanes) is 12. The molecule has 45 heavy (non-hydrogen) atoms. The van der Waals surface area contributed by atoms with Crippen molar-refractivity contribution in [1.82, 2.24) is 4.90 Å². The zero-order valence-corrected chi connectivity index (χ0v) is 28.6. The summed E-state index contributed by atoms with van der Waals surface area (Å²) in [6.07, 6.45) is 13.1. The second kappa shape index (κ2) is 28.9. The molecule has 0 saturated heterocycles. The Hall–Kier alpha value is -2.57. The lowest BCUT2D eigenvalue weighted by Gasteiger charge is -2.19. The van der Waals surface area contributed by atoms with Crippen LogP contribution in [0.5, 0.6) is 0 Å². The van der Waals surface area contributed by atoms with Crippen LogP contribution in [0.15, 0.2) is 4.76 Å². The first-order valence-electron chi connectivity index (χ1n) is 16.4. The summed E-state index contributed by atoms with van der Waals surface area (Å²) in [6, 6.07) is 0. The molecule has 0 aliphatic rings. The van der Waals surface area contributed by atoms with Gasteiger partial charge >= 0.3 is 26.0 Å². The number of hydrogen-bond acceptors (Lipinski definition) is 10. The van der Waals surface area contributed by atoms with Crippen molar-refractivity contribution in [3.05, 3.63) is 0 Å². The summed E-state index contributed by atoms with van der Waals surface area (Å²) in [7, 11) is -2.72. The molecule has 0 aromatic rings. The molecule has 0 heterocycles. The molecule has 0 rings (SSSR count). The maximum Gasteiger partial charge on any atom is 0.508 e. The number of carbonyl (C=O) groups is 3. The van der Waals surface area contributed by atoms with Gasteiger partial charge in [-0.1, -0.05) is 78.1 Å². The van der Waals surface area contributed by atoms with Crippen molar-refractivity contribution in [2.24, 2.45) is 10.5 Å². The predicted octanol–water partition coefficient (Wildman–Crippen LogP) is 7.05. The molecule has 14 nitrogen and oxygen atoms in total. The number of nitrogens with two attached hydrogens (primary N) is 1. The second-order valence-corrected chi connectivity index (χ2v) is 12.3. The largest absolute Gasteiger partial charge is 0.508 e. The van der Waals surface area contributed by atoms with Crippen LogP contribution in [0, 0.1) is 0 Å². The molecule has 0 aliphatic carbocycles. The molecule has 15 heteroatoms. The van der Waals surface area contributed by atoms with Crippen molar-refractivity contribution >= 4 is 32.0 Å². The molecule has 0 aliphatic heterocycles. The standard InChI is InChI=1S/C30H58N3O11P/c1-4-6-8-10-12-14-20-39-29(36)41-22-16-18-24-43-45(38,32-28(31)33(3)26-27(34)35)44-25-19-17-23-42-30(37)40-21-15-13-11-9-7-5-2/h4-26H2,1-3H3,(H,34,35)(H2,31,32,38). The normalized spacial score (nSPS) is 11.7. The van der Waals surface area contributed by atoms with E-state index in [1.54, 1.807) is 0 Å². The summed E-state index contributed by atoms with van der Waals surface area (Å²) in [5.74, 6) is -1.48. The van der Waals surface area contributed by atoms with Gasteiger partial charge in [-0.05, 0) is 38.5 Å². The number of aliphatic carboxylic acids is 1. The maximum absolute atomic E-state index is 13.3. The Morgan fingerprint density at radius 3 is 1.33 bits per heavy atom. The SMILES string of the molecule is CCCCCCCCOC(=O)OCCCCOP(=O)(/N=C(\N)N(C)CC(=O)O)OCCCCOC(=O)OCCCCCCCC. The van der Waals surface area contributed by atoms with Crippen LogP contribution in [-0.2, 0) is 37.4 Å². The molecule has 264 valence electrons. The first-order chi connectivity index (χ1) is 21.6. The third-order valence-corrected chi connectivity index (χ3v) is 7.92. The zero-order valence-electron chi connectivity index (χ0n) is 27.7. The summed E-state index contributed by atoms with van der Waals surface area (Å²) in [5.41, 5.74) is 5.82. The fraction of sp³-hybridized carbons (Fsp3) is 0.867. The van der Waals surface area contributed by atoms with E-state index in [1.807, 2.05) is 0 Å². The first kappa shape index (κ1) is 42.4. The smallest absolute Gasteiger partial charge is 0.480 e. The Morgan fingerprint density at radius 1 is 0.622 bits per heavy atom. The predicted molar refractivity (Wildman–Crippen MR) is 171 cm³/mol. The highest BCUT2D eigenvalue weighted by Gasteiger charge is 2.26. The zero-order chi connectivity index (χ0) is 33.6. The molecule has 0 bridgehead atoms. The lowest BCUT2D eigenvalue weighted by Crippen LogP contribution is -2.37. The van der Waals surface area contributed by atoms with Gasteiger partial charge in [-0.2, -0.15) is 0 Å². The van der Waals surface area contributed by atoms with Crippen molar-refractivity contribution < 1.29 is 52.1 Å². The van der Waals surface area contributed by atoms with E-state index in [1.165, 1.54) is 45.6 Å². The van der Waals surface area contributed by atoms with Gasteiger partial charge in [0.2, 0.25) is 5.96 Å². The van der Waals surface area contributed by atoms with Gasteiger partial charge < -0.3 is 34.7 Å². The number of hydrogen-bond donors (Lipinski definition) is 2. The fourth-order valence-electron chi connectivity index (χ4n) is 3.82. The van der Waals surface area contributed by atoms with E-state index in [2.05, 4.69) is 18.6 Å². The summed E-state index contributed by atoms with van der Waals surface area (Å²) < 4.78 is 48.2. The Kier molecular flexibility index (Phi) is 27.2. The molecule has 0 atom stereocenters. The van der Waals surface area contributed by atoms with Crippen LogP contribution in [0.4, 0.5) is 9.59 Å². The van der Waals surface area contributed by atoms with Crippen LogP contribution in [-0.4, -0.2) is 87.5 Å². The summed E-state index contributed by atoms with van der Waals surface area (Å²) in [4.78, 5) is 35.5. The third-order valence-electron chi connectivity index (χ3n) is 6.45. The molecule has 0 aromatic carbocycles. The monoisotopic (exact) mass is 667 g/mol. The third kappa shape index (κ3) is 27.5. The van der Waals surface area contributed by atoms with Crippen LogP contribution in [0.1, 0.15) is 117 Å². The number of guanidine groups is 1. The van der Waals surface area contributed by atoms with Crippen molar-refractivity contribution in [2.75, 3.05) is 53.2 Å². The molecule has 0 spiro atoms. The summed E-state index contributed by atoms with van der Waals surface area (Å²) >= 11 is 0. The van der Waals surface area contributed by atoms with Crippen molar-refractivity contribution in [3.63, 3.8) is 0 Å². The topological polar surface area (TPSA) is 186 Å². The summed E-state index contributed by atoms with van der Waals surface area (Å²) in [5, 5.41) is 8.98. The molecule has 0 saturated carbocycles. The Morgan fingerprint density at radius 2 is 0.956 bits per heavy atom. The lowest BCUT2D eigenvalue weighted by molar-refractivity contribution is -0.137. The summed E-state index contributed by atoms with van der Waals surface area (Å²) in [6.45, 7) is 4.60. The quantitative estimate of drug-likeness (QED) is 0.0272. The number of nitrogens with zero attached hydrogens (tertiary/aromatic N) is 2. The number of carbonyl (C=O) groups excluding carboxylic acids is 2. The molecule has 0 amide bonds. The van der Waals surface area contributed by atoms with E-state index in [4.69, 9.17) is 38.8 Å². The van der Waals surface area contributed by atoms with E-state index in [-0.39, 0.29) is 32.4 Å². The van der Waals surface area contributed by atoms with E-state index >= 15 is 0 Å². The van der Waals surface area contributed by atoms with Gasteiger partial charge in [0.15, 0.2) is 0 Å². The van der Waals surface area contributed by atoms with Gasteiger partial charge in [0.05, 0.1) is 39.6 Å². The van der Waals surface area contributed by atoms with Crippen LogP contribution in [0.25, 0.3) is 0 Å². The Labute approximate surface area is 269 Å². The van der Waals surface area contributed by atoms with Crippen molar-refractivity contribution in [2.45, 2.75) is 117 Å². The number of likely N-dealkylation sites (N-methyl/N-ethyl adjacent to an activating group) is 1. The van der Waals surface area contributed by atoms with Gasteiger partial charge in [-0.25, -0.2) is 14.2 Å². The lowest BCUT2D eigenvalue weighted by atomic mass is 10.1. The van der Waals surface area contributed by atoms with E-state index in [9.17, 15) is 18.9 Å². The Bertz CT molecular complexity index is 815. The minimum atomic E-state index is -4.10. The molecule has 0 aromatic heterocycles. The second-order valence-electron chi connectivity index (χ2n) is 10.7. The van der Waals surface area contributed by atoms with Crippen LogP contribution >= 0.6 is 7.75 Å². The van der Waals surface area contributed by atoms with E-state index in [0.29, 0.717) is 38.9 Å². The van der Waals surface area contributed by atoms with Gasteiger partial charge in [0.1, 0.15) is 6.54 Å². The average molecular weight is 668 g/mol. The molecule has 0 unspecified atom stereocenters. The maximum atomic E-state index is 13.3. The van der Waals surface area contributed by atoms with E-state index < -0.39 is 32.6 Å². The molecule has 0 radical (unpaired) electrons. The molecular formula is C30H58N3O11P. The highest BCUT2D eigenvalue weighted by atomic mass is 31.2. The minimum absolute atomic E-state index is 0.0412. The first-order valence-corrected chi connectivity index (χ1v) is 17.9. The number of ether oxygens (including phenoxy) is 4. The van der Waals surface area contributed by atoms with Crippen LogP contribution in [0.2, 0.25) is 0 Å². The van der Waals surface area contributed by atoms with Crippen molar-refractivity contribution in [3.8, 4) is 0 Å². The molecule has 3 N–H and O–H groups in total. The van der Waals surface area contributed by atoms with Crippen LogP contribution in [0.3, 0.4) is 0 Å². The number of rotatable bonds is 29. The average Bonchev–Trinajstić information content (AvgIpc) is 2.99. The number of carboxylic acids is 1. The van der Waals surface area contributed by atoms with Crippen LogP contribution < -0.4 is 5.73 Å². The fourth-order valence-corrected chi connectivity index (χ4v) is 5.13. The molecular weight excluding hydrogens is 609 g/mol. The number of carboxylic acid groups (broad SMARTS) is 1.